The third-order valence-electron chi connectivity index (χ3n) is 12.7. The fourth-order valence-electron chi connectivity index (χ4n) is 9.17. The Labute approximate surface area is 412 Å². The van der Waals surface area contributed by atoms with Crippen molar-refractivity contribution in [1.29, 1.82) is 0 Å². The number of carbonyl (C=O) groups excluding carboxylic acids is 4. The van der Waals surface area contributed by atoms with Crippen molar-refractivity contribution in [1.82, 2.24) is 38.7 Å². The molecular formula is C48H60N12O12. The van der Waals surface area contributed by atoms with Crippen molar-refractivity contribution in [3.05, 3.63) is 81.9 Å². The molecule has 1 saturated heterocycles. The van der Waals surface area contributed by atoms with Crippen LogP contribution >= 0.6 is 0 Å². The van der Waals surface area contributed by atoms with E-state index in [2.05, 4.69) is 15.7 Å². The molecule has 5 atom stereocenters. The molecule has 0 spiro atoms. The predicted octanol–water partition coefficient (Wildman–Crippen LogP) is 2.35. The molecular weight excluding hydrogens is 937 g/mol. The maximum Gasteiger partial charge on any atom is 0.276 e. The van der Waals surface area contributed by atoms with Gasteiger partial charge < -0.3 is 59.6 Å². The molecule has 72 heavy (non-hydrogen) atoms. The number of anilines is 2. The fourth-order valence-corrected chi connectivity index (χ4v) is 9.17. The number of methoxy groups -OCH3 is 2. The molecule has 8 rings (SSSR count). The lowest BCUT2D eigenvalue weighted by atomic mass is 9.99. The minimum atomic E-state index is -1.42. The van der Waals surface area contributed by atoms with E-state index in [1.807, 2.05) is 32.9 Å². The Hall–Kier alpha value is -7.22. The fraction of sp³-hybridized carbons (Fsp3) is 0.458. The number of carbonyl (C=O) groups is 4. The van der Waals surface area contributed by atoms with Crippen molar-refractivity contribution in [2.45, 2.75) is 110 Å². The molecule has 24 heteroatoms. The number of aliphatic hydroxyl groups is 3. The highest BCUT2D eigenvalue weighted by atomic mass is 16.7. The number of rotatable bonds is 12. The van der Waals surface area contributed by atoms with Crippen molar-refractivity contribution >= 4 is 57.6 Å². The first-order valence-electron chi connectivity index (χ1n) is 23.7. The molecule has 0 radical (unpaired) electrons. The summed E-state index contributed by atoms with van der Waals surface area (Å²) in [5.74, 6) is -1.58. The van der Waals surface area contributed by atoms with Crippen molar-refractivity contribution < 1.29 is 58.2 Å². The highest BCUT2D eigenvalue weighted by Crippen LogP contribution is 2.34. The number of hydrogen-bond donors (Lipinski definition) is 7. The van der Waals surface area contributed by atoms with Crippen LogP contribution in [0, 0.1) is 13.8 Å². The van der Waals surface area contributed by atoms with Crippen molar-refractivity contribution in [2.24, 2.45) is 11.5 Å². The number of nitrogens with zero attached hydrogens (tertiary/aromatic N) is 8. The first kappa shape index (κ1) is 51.1. The predicted molar refractivity (Wildman–Crippen MR) is 260 cm³/mol. The third-order valence-corrected chi connectivity index (χ3v) is 12.7. The van der Waals surface area contributed by atoms with Crippen LogP contribution in [0.5, 0.6) is 11.5 Å². The minimum absolute atomic E-state index is 0.0134. The number of aliphatic hydroxyl groups excluding tert-OH is 3. The van der Waals surface area contributed by atoms with E-state index in [1.165, 1.54) is 38.5 Å². The number of primary amides is 2. The SMILES string of the molecule is CCn1nc(C)c2c1C(=O)Nc1nc3cc(C(N)=O)cc(OCCCO[C@H]4[C@@H](OC)O[C@H](CO)[C@@H](O)[C@@H]4O)c3n1C/C=C/Cn1c(nc3cc(C(N)=O)cc(OC)c31)NC(=O)c1cc(C)nn1CCCCC2. The van der Waals surface area contributed by atoms with E-state index < -0.39 is 60.9 Å². The molecule has 2 aliphatic heterocycles. The van der Waals surface area contributed by atoms with E-state index in [0.717, 1.165) is 12.0 Å². The number of ether oxygens (including phenoxy) is 5. The van der Waals surface area contributed by atoms with Crippen LogP contribution in [0.4, 0.5) is 11.9 Å². The third kappa shape index (κ3) is 10.4. The van der Waals surface area contributed by atoms with Crippen LogP contribution in [0.1, 0.15) is 91.3 Å². The van der Waals surface area contributed by atoms with E-state index in [9.17, 15) is 34.5 Å². The van der Waals surface area contributed by atoms with Gasteiger partial charge in [0.25, 0.3) is 11.8 Å². The Morgan fingerprint density at radius 3 is 2.08 bits per heavy atom. The van der Waals surface area contributed by atoms with E-state index in [4.69, 9.17) is 50.2 Å². The summed E-state index contributed by atoms with van der Waals surface area (Å²) < 4.78 is 35.6. The zero-order valence-electron chi connectivity index (χ0n) is 40.7. The molecule has 1 fully saturated rings. The molecule has 24 nitrogen and oxygen atoms in total. The molecule has 0 saturated carbocycles. The van der Waals surface area contributed by atoms with Gasteiger partial charge in [-0.1, -0.05) is 18.6 Å². The molecule has 6 aromatic rings. The molecule has 0 bridgehead atoms. The molecule has 0 aliphatic carbocycles. The van der Waals surface area contributed by atoms with Gasteiger partial charge in [0.05, 0.1) is 49.4 Å². The number of amides is 4. The van der Waals surface area contributed by atoms with Gasteiger partial charge in [-0.15, -0.1) is 0 Å². The zero-order chi connectivity index (χ0) is 51.4. The zero-order valence-corrected chi connectivity index (χ0v) is 40.7. The number of hydrogen-bond acceptors (Lipinski definition) is 16. The molecule has 2 aromatic carbocycles. The monoisotopic (exact) mass is 996 g/mol. The van der Waals surface area contributed by atoms with Gasteiger partial charge in [-0.3, -0.25) is 39.2 Å². The van der Waals surface area contributed by atoms with Crippen LogP contribution in [0.25, 0.3) is 22.1 Å². The topological polar surface area (TPSA) is 322 Å². The van der Waals surface area contributed by atoms with Crippen molar-refractivity contribution in [3.8, 4) is 11.5 Å². The largest absolute Gasteiger partial charge is 0.494 e. The summed E-state index contributed by atoms with van der Waals surface area (Å²) in [7, 11) is 2.80. The van der Waals surface area contributed by atoms with Crippen LogP contribution < -0.4 is 31.6 Å². The maximum absolute atomic E-state index is 14.6. The summed E-state index contributed by atoms with van der Waals surface area (Å²) in [6.07, 6.45) is 0.483. The van der Waals surface area contributed by atoms with E-state index in [-0.39, 0.29) is 72.8 Å². The summed E-state index contributed by atoms with van der Waals surface area (Å²) in [5.41, 5.74) is 16.1. The van der Waals surface area contributed by atoms with Crippen LogP contribution in [0.15, 0.2) is 42.5 Å². The first-order chi connectivity index (χ1) is 34.6. The number of imidazole rings is 2. The highest BCUT2D eigenvalue weighted by molar-refractivity contribution is 6.06. The normalized spacial score (nSPS) is 20.6. The van der Waals surface area contributed by atoms with Crippen LogP contribution in [0.2, 0.25) is 0 Å². The Morgan fingerprint density at radius 1 is 0.833 bits per heavy atom. The summed E-state index contributed by atoms with van der Waals surface area (Å²) in [6, 6.07) is 7.72. The average Bonchev–Trinajstić information content (AvgIpc) is 4.11. The van der Waals surface area contributed by atoms with Gasteiger partial charge in [0, 0.05) is 56.4 Å². The molecule has 384 valence electrons. The van der Waals surface area contributed by atoms with Gasteiger partial charge in [0.15, 0.2) is 6.29 Å². The number of nitrogens with two attached hydrogens (primary N) is 2. The molecule has 4 aromatic heterocycles. The van der Waals surface area contributed by atoms with Crippen molar-refractivity contribution in [3.63, 3.8) is 0 Å². The van der Waals surface area contributed by atoms with E-state index in [1.54, 1.807) is 24.6 Å². The van der Waals surface area contributed by atoms with Gasteiger partial charge in [-0.2, -0.15) is 10.2 Å². The molecule has 9 N–H and O–H groups in total. The van der Waals surface area contributed by atoms with E-state index >= 15 is 0 Å². The van der Waals surface area contributed by atoms with Crippen LogP contribution in [0.3, 0.4) is 0 Å². The van der Waals surface area contributed by atoms with Crippen LogP contribution in [-0.4, -0.2) is 142 Å². The highest BCUT2D eigenvalue weighted by Gasteiger charge is 2.45. The second-order valence-electron chi connectivity index (χ2n) is 17.5. The number of aromatic nitrogens is 8. The lowest BCUT2D eigenvalue weighted by Crippen LogP contribution is -2.59. The quantitative estimate of drug-likeness (QED) is 0.0684. The Kier molecular flexibility index (Phi) is 15.7. The number of nitrogens with one attached hydrogen (secondary N) is 2. The summed E-state index contributed by atoms with van der Waals surface area (Å²) in [6.45, 7) is 6.13. The van der Waals surface area contributed by atoms with E-state index in [0.29, 0.717) is 71.7 Å². The number of benzene rings is 2. The molecule has 6 heterocycles. The number of fused-ring (bicyclic) bond motifs is 8. The second kappa shape index (κ2) is 22.0. The van der Waals surface area contributed by atoms with Gasteiger partial charge in [-0.05, 0) is 70.4 Å². The Bertz CT molecular complexity index is 3030. The summed E-state index contributed by atoms with van der Waals surface area (Å²) in [5, 5.41) is 46.1. The standard InChI is InChI=1S/C48H60N12O12/c1-6-59-36-29(26(3)56-59)13-8-7-9-16-60-32(19-25(2)55-60)44(66)53-47-51-30-20-27(42(49)64)22-33(68-4)37(30)57(47)14-10-11-15-58-38-31(52-48(58)54-45(36)67)21-28(43(50)65)23-34(38)70-17-12-18-71-41-40(63)39(62)35(24-61)72-46(41)69-5/h10-11,19-23,35,39-41,46,61-63H,6-9,12-18,24H2,1-5H3,(H2,49,64)(H2,50,65)(H,51,53,66)(H,52,54,67)/b11-10+/t35-,39-,40+,41-,46+/m1/s1. The number of aryl methyl sites for hydroxylation is 4. The minimum Gasteiger partial charge on any atom is -0.494 e. The molecule has 4 amide bonds. The van der Waals surface area contributed by atoms with Gasteiger partial charge in [0.1, 0.15) is 58.3 Å². The van der Waals surface area contributed by atoms with Gasteiger partial charge in [0.2, 0.25) is 23.7 Å². The smallest absolute Gasteiger partial charge is 0.276 e. The summed E-state index contributed by atoms with van der Waals surface area (Å²) >= 11 is 0. The van der Waals surface area contributed by atoms with Gasteiger partial charge >= 0.3 is 0 Å². The first-order valence-corrected chi connectivity index (χ1v) is 23.7. The maximum atomic E-state index is 14.6. The molecule has 0 unspecified atom stereocenters. The lowest BCUT2D eigenvalue weighted by molar-refractivity contribution is -0.303. The summed E-state index contributed by atoms with van der Waals surface area (Å²) in [4.78, 5) is 63.4. The van der Waals surface area contributed by atoms with Crippen LogP contribution in [-0.2, 0) is 46.8 Å². The van der Waals surface area contributed by atoms with Crippen molar-refractivity contribution in [2.75, 3.05) is 44.7 Å². The average molecular weight is 997 g/mol. The lowest BCUT2D eigenvalue weighted by Gasteiger charge is -2.41. The second-order valence-corrected chi connectivity index (χ2v) is 17.5. The van der Waals surface area contributed by atoms with Gasteiger partial charge in [-0.25, -0.2) is 9.97 Å². The molecule has 2 aliphatic rings. The Morgan fingerprint density at radius 2 is 1.47 bits per heavy atom. The Balaban J connectivity index is 1.18. The number of allylic oxidation sites excluding steroid dienone is 2.